The fourth-order valence-electron chi connectivity index (χ4n) is 2.90. The Morgan fingerprint density at radius 2 is 1.59 bits per heavy atom. The van der Waals surface area contributed by atoms with Crippen LogP contribution in [0.2, 0.25) is 0 Å². The number of hydrogen-bond acceptors (Lipinski definition) is 5. The first kappa shape index (κ1) is 18.5. The van der Waals surface area contributed by atoms with E-state index in [1.165, 1.54) is 12.3 Å². The van der Waals surface area contributed by atoms with E-state index in [-0.39, 0.29) is 24.3 Å². The molecule has 0 radical (unpaired) electrons. The lowest BCUT2D eigenvalue weighted by Gasteiger charge is -2.08. The van der Waals surface area contributed by atoms with E-state index in [4.69, 9.17) is 9.47 Å². The summed E-state index contributed by atoms with van der Waals surface area (Å²) in [5.74, 6) is 0.726. The van der Waals surface area contributed by atoms with Crippen LogP contribution >= 0.6 is 0 Å². The highest BCUT2D eigenvalue weighted by Gasteiger charge is 2.15. The van der Waals surface area contributed by atoms with Gasteiger partial charge >= 0.3 is 0 Å². The van der Waals surface area contributed by atoms with E-state index in [1.807, 2.05) is 42.5 Å². The molecule has 0 saturated carbocycles. The first-order chi connectivity index (χ1) is 14.2. The second kappa shape index (κ2) is 8.43. The summed E-state index contributed by atoms with van der Waals surface area (Å²) < 4.78 is 10.6. The van der Waals surface area contributed by atoms with Crippen molar-refractivity contribution in [3.8, 4) is 11.5 Å². The molecule has 2 aromatic carbocycles. The van der Waals surface area contributed by atoms with E-state index >= 15 is 0 Å². The summed E-state index contributed by atoms with van der Waals surface area (Å²) in [4.78, 5) is 28.9. The Morgan fingerprint density at radius 3 is 2.45 bits per heavy atom. The fourth-order valence-corrected chi connectivity index (χ4v) is 2.90. The number of amides is 2. The molecule has 0 spiro atoms. The Labute approximate surface area is 167 Å². The molecule has 1 aliphatic rings. The van der Waals surface area contributed by atoms with E-state index in [0.29, 0.717) is 30.2 Å². The predicted molar refractivity (Wildman–Crippen MR) is 106 cm³/mol. The van der Waals surface area contributed by atoms with Gasteiger partial charge in [0.15, 0.2) is 11.5 Å². The molecule has 4 rings (SSSR count). The van der Waals surface area contributed by atoms with E-state index < -0.39 is 0 Å². The number of rotatable bonds is 6. The number of hydrogen-bond donors (Lipinski definition) is 2. The van der Waals surface area contributed by atoms with Crippen LogP contribution in [0.3, 0.4) is 0 Å². The molecule has 146 valence electrons. The molecule has 2 amide bonds. The molecule has 1 aromatic heterocycles. The van der Waals surface area contributed by atoms with Crippen molar-refractivity contribution in [3.63, 3.8) is 0 Å². The number of nitrogens with one attached hydrogen (secondary N) is 2. The first-order valence-electron chi connectivity index (χ1n) is 9.14. The van der Waals surface area contributed by atoms with Crippen LogP contribution in [0.4, 0.5) is 0 Å². The van der Waals surface area contributed by atoms with Crippen LogP contribution in [-0.4, -0.2) is 23.6 Å². The molecule has 0 aliphatic carbocycles. The Hall–Kier alpha value is -3.87. The topological polar surface area (TPSA) is 89.6 Å². The summed E-state index contributed by atoms with van der Waals surface area (Å²) in [5.41, 5.74) is 2.43. The lowest BCUT2D eigenvalue weighted by molar-refractivity contribution is 0.0946. The molecule has 1 aliphatic heterocycles. The molecule has 0 fully saturated rings. The number of benzene rings is 2. The highest BCUT2D eigenvalue weighted by molar-refractivity contribution is 5.98. The summed E-state index contributed by atoms with van der Waals surface area (Å²) in [7, 11) is 0. The lowest BCUT2D eigenvalue weighted by atomic mass is 10.1. The Kier molecular flexibility index (Phi) is 5.38. The van der Waals surface area contributed by atoms with Crippen LogP contribution in [0.15, 0.2) is 66.9 Å². The summed E-state index contributed by atoms with van der Waals surface area (Å²) in [6.45, 7) is 0.920. The van der Waals surface area contributed by atoms with Gasteiger partial charge in [-0.25, -0.2) is 0 Å². The number of ether oxygens (including phenoxy) is 2. The zero-order valence-electron chi connectivity index (χ0n) is 15.6. The third-order valence-electron chi connectivity index (χ3n) is 4.44. The standard InChI is InChI=1S/C22H19N3O4/c26-21(24-12-15-4-2-1-3-5-15)17-8-9-23-18(11-17)22(27)25-13-16-6-7-19-20(10-16)29-14-28-19/h1-11H,12-14H2,(H,24,26)(H,25,27). The number of aromatic nitrogens is 1. The van der Waals surface area contributed by atoms with Crippen LogP contribution in [-0.2, 0) is 13.1 Å². The molecule has 3 aromatic rings. The second-order valence-electron chi connectivity index (χ2n) is 6.47. The molecule has 0 unspecified atom stereocenters. The summed E-state index contributed by atoms with van der Waals surface area (Å²) in [6, 6.07) is 18.2. The van der Waals surface area contributed by atoms with Gasteiger partial charge in [-0.1, -0.05) is 36.4 Å². The van der Waals surface area contributed by atoms with Gasteiger partial charge < -0.3 is 20.1 Å². The van der Waals surface area contributed by atoms with Crippen molar-refractivity contribution in [3.05, 3.63) is 89.2 Å². The minimum absolute atomic E-state index is 0.179. The first-order valence-corrected chi connectivity index (χ1v) is 9.14. The molecule has 29 heavy (non-hydrogen) atoms. The number of pyridine rings is 1. The number of nitrogens with zero attached hydrogens (tertiary/aromatic N) is 1. The SMILES string of the molecule is O=C(NCc1ccccc1)c1ccnc(C(=O)NCc2ccc3c(c2)OCO3)c1. The van der Waals surface area contributed by atoms with E-state index in [9.17, 15) is 9.59 Å². The summed E-state index contributed by atoms with van der Waals surface area (Å²) >= 11 is 0. The third-order valence-corrected chi connectivity index (χ3v) is 4.44. The van der Waals surface area contributed by atoms with Crippen molar-refractivity contribution in [1.82, 2.24) is 15.6 Å². The average molecular weight is 389 g/mol. The van der Waals surface area contributed by atoms with E-state index in [1.54, 1.807) is 12.1 Å². The molecular weight excluding hydrogens is 370 g/mol. The van der Waals surface area contributed by atoms with E-state index in [2.05, 4.69) is 15.6 Å². The van der Waals surface area contributed by atoms with Gasteiger partial charge in [-0.15, -0.1) is 0 Å². The van der Waals surface area contributed by atoms with Crippen LogP contribution in [0.1, 0.15) is 32.0 Å². The summed E-state index contributed by atoms with van der Waals surface area (Å²) in [5, 5.41) is 5.64. The maximum absolute atomic E-state index is 12.4. The van der Waals surface area contributed by atoms with Crippen molar-refractivity contribution in [1.29, 1.82) is 0 Å². The van der Waals surface area contributed by atoms with Crippen molar-refractivity contribution in [2.24, 2.45) is 0 Å². The number of fused-ring (bicyclic) bond motifs is 1. The van der Waals surface area contributed by atoms with Crippen LogP contribution in [0, 0.1) is 0 Å². The van der Waals surface area contributed by atoms with Crippen LogP contribution in [0.25, 0.3) is 0 Å². The lowest BCUT2D eigenvalue weighted by Crippen LogP contribution is -2.26. The Morgan fingerprint density at radius 1 is 0.828 bits per heavy atom. The molecule has 7 heteroatoms. The van der Waals surface area contributed by atoms with Gasteiger partial charge in [0.2, 0.25) is 6.79 Å². The smallest absolute Gasteiger partial charge is 0.270 e. The molecule has 0 atom stereocenters. The van der Waals surface area contributed by atoms with Gasteiger partial charge in [0.05, 0.1) is 0 Å². The van der Waals surface area contributed by atoms with Crippen molar-refractivity contribution < 1.29 is 19.1 Å². The molecule has 7 nitrogen and oxygen atoms in total. The van der Waals surface area contributed by atoms with Gasteiger partial charge in [0.1, 0.15) is 5.69 Å². The molecular formula is C22H19N3O4. The average Bonchev–Trinajstić information content (AvgIpc) is 3.24. The zero-order valence-corrected chi connectivity index (χ0v) is 15.6. The monoisotopic (exact) mass is 389 g/mol. The van der Waals surface area contributed by atoms with Gasteiger partial charge in [0.25, 0.3) is 11.8 Å². The minimum Gasteiger partial charge on any atom is -0.454 e. The van der Waals surface area contributed by atoms with Crippen molar-refractivity contribution >= 4 is 11.8 Å². The quantitative estimate of drug-likeness (QED) is 0.677. The van der Waals surface area contributed by atoms with Crippen molar-refractivity contribution in [2.75, 3.05) is 6.79 Å². The van der Waals surface area contributed by atoms with Gasteiger partial charge in [-0.2, -0.15) is 0 Å². The minimum atomic E-state index is -0.361. The Bertz CT molecular complexity index is 1040. The molecule has 0 bridgehead atoms. The zero-order chi connectivity index (χ0) is 20.1. The van der Waals surface area contributed by atoms with Crippen LogP contribution < -0.4 is 20.1 Å². The highest BCUT2D eigenvalue weighted by Crippen LogP contribution is 2.32. The largest absolute Gasteiger partial charge is 0.454 e. The predicted octanol–water partition coefficient (Wildman–Crippen LogP) is 2.67. The number of carbonyl (C=O) groups excluding carboxylic acids is 2. The van der Waals surface area contributed by atoms with Gasteiger partial charge in [-0.05, 0) is 35.4 Å². The molecule has 2 heterocycles. The van der Waals surface area contributed by atoms with E-state index in [0.717, 1.165) is 11.1 Å². The number of carbonyl (C=O) groups is 2. The summed E-state index contributed by atoms with van der Waals surface area (Å²) in [6.07, 6.45) is 1.45. The third kappa shape index (κ3) is 4.52. The van der Waals surface area contributed by atoms with Crippen LogP contribution in [0.5, 0.6) is 11.5 Å². The highest BCUT2D eigenvalue weighted by atomic mass is 16.7. The normalized spacial score (nSPS) is 11.7. The Balaban J connectivity index is 1.36. The fraction of sp³-hybridized carbons (Fsp3) is 0.136. The molecule has 0 saturated heterocycles. The van der Waals surface area contributed by atoms with Gasteiger partial charge in [0, 0.05) is 24.8 Å². The molecule has 2 N–H and O–H groups in total. The maximum atomic E-state index is 12.4. The van der Waals surface area contributed by atoms with Crippen molar-refractivity contribution in [2.45, 2.75) is 13.1 Å². The second-order valence-corrected chi connectivity index (χ2v) is 6.47. The van der Waals surface area contributed by atoms with Gasteiger partial charge in [-0.3, -0.25) is 14.6 Å². The maximum Gasteiger partial charge on any atom is 0.270 e.